The third kappa shape index (κ3) is 2.58. The summed E-state index contributed by atoms with van der Waals surface area (Å²) in [7, 11) is 1.59. The van der Waals surface area contributed by atoms with Gasteiger partial charge in [-0.3, -0.25) is 0 Å². The molecule has 0 aromatic heterocycles. The zero-order valence-corrected chi connectivity index (χ0v) is 11.2. The minimum absolute atomic E-state index is 0.259. The van der Waals surface area contributed by atoms with Crippen molar-refractivity contribution in [2.24, 2.45) is 0 Å². The lowest BCUT2D eigenvalue weighted by atomic mass is 10.1. The summed E-state index contributed by atoms with van der Waals surface area (Å²) in [5.41, 5.74) is 0.978. The zero-order valence-electron chi connectivity index (χ0n) is 11.2. The summed E-state index contributed by atoms with van der Waals surface area (Å²) in [6, 6.07) is 5.62. The maximum atomic E-state index is 13.2. The van der Waals surface area contributed by atoms with Gasteiger partial charge in [-0.05, 0) is 25.5 Å². The van der Waals surface area contributed by atoms with E-state index in [1.165, 1.54) is 12.1 Å². The predicted octanol–water partition coefficient (Wildman–Crippen LogP) is 2.41. The molecular weight excluding hydrogens is 231 g/mol. The van der Waals surface area contributed by atoms with Crippen LogP contribution in [0.15, 0.2) is 18.2 Å². The minimum Gasteiger partial charge on any atom is -0.494 e. The van der Waals surface area contributed by atoms with Gasteiger partial charge in [0.25, 0.3) is 0 Å². The van der Waals surface area contributed by atoms with Crippen molar-refractivity contribution < 1.29 is 9.13 Å². The van der Waals surface area contributed by atoms with Crippen LogP contribution in [-0.4, -0.2) is 32.3 Å². The molecule has 18 heavy (non-hydrogen) atoms. The van der Waals surface area contributed by atoms with Crippen LogP contribution in [0.4, 0.5) is 10.1 Å². The first kappa shape index (κ1) is 13.1. The summed E-state index contributed by atoms with van der Waals surface area (Å²) in [6.45, 7) is 6.22. The highest BCUT2D eigenvalue weighted by Gasteiger charge is 2.26. The normalized spacial score (nSPS) is 24.1. The first-order valence-electron chi connectivity index (χ1n) is 6.49. The Balaban J connectivity index is 2.28. The van der Waals surface area contributed by atoms with Crippen LogP contribution in [0.25, 0.3) is 0 Å². The lowest BCUT2D eigenvalue weighted by Crippen LogP contribution is -2.55. The fourth-order valence-electron chi connectivity index (χ4n) is 2.43. The molecule has 1 aromatic rings. The average Bonchev–Trinajstić information content (AvgIpc) is 2.39. The third-order valence-corrected chi connectivity index (χ3v) is 3.60. The summed E-state index contributed by atoms with van der Waals surface area (Å²) in [4.78, 5) is 2.29. The molecule has 1 aliphatic rings. The van der Waals surface area contributed by atoms with Crippen molar-refractivity contribution in [1.29, 1.82) is 0 Å². The third-order valence-electron chi connectivity index (χ3n) is 3.60. The summed E-state index contributed by atoms with van der Waals surface area (Å²) in [5.74, 6) is 0.351. The molecule has 0 bridgehead atoms. The second kappa shape index (κ2) is 5.57. The molecule has 1 aliphatic heterocycles. The molecule has 0 amide bonds. The number of halogens is 1. The van der Waals surface area contributed by atoms with Crippen molar-refractivity contribution in [3.05, 3.63) is 24.0 Å². The van der Waals surface area contributed by atoms with Gasteiger partial charge in [0.15, 0.2) is 0 Å². The SMILES string of the molecule is CCC1CN(c2ccc(F)cc2OC)C(C)CN1. The number of anilines is 1. The van der Waals surface area contributed by atoms with Crippen molar-refractivity contribution in [3.63, 3.8) is 0 Å². The monoisotopic (exact) mass is 252 g/mol. The van der Waals surface area contributed by atoms with E-state index in [-0.39, 0.29) is 5.82 Å². The van der Waals surface area contributed by atoms with E-state index in [4.69, 9.17) is 4.74 Å². The molecule has 2 unspecified atom stereocenters. The number of nitrogens with zero attached hydrogens (tertiary/aromatic N) is 1. The molecule has 2 rings (SSSR count). The topological polar surface area (TPSA) is 24.5 Å². The molecular formula is C14H21FN2O. The summed E-state index contributed by atoms with van der Waals surface area (Å²) >= 11 is 0. The zero-order chi connectivity index (χ0) is 13.1. The Labute approximate surface area is 108 Å². The van der Waals surface area contributed by atoms with Gasteiger partial charge in [-0.1, -0.05) is 6.92 Å². The lowest BCUT2D eigenvalue weighted by molar-refractivity contribution is 0.381. The molecule has 0 spiro atoms. The molecule has 3 nitrogen and oxygen atoms in total. The second-order valence-corrected chi connectivity index (χ2v) is 4.83. The van der Waals surface area contributed by atoms with Crippen LogP contribution >= 0.6 is 0 Å². The van der Waals surface area contributed by atoms with Gasteiger partial charge in [-0.2, -0.15) is 0 Å². The molecule has 0 saturated carbocycles. The van der Waals surface area contributed by atoms with Crippen LogP contribution in [0.1, 0.15) is 20.3 Å². The van der Waals surface area contributed by atoms with E-state index in [1.54, 1.807) is 7.11 Å². The van der Waals surface area contributed by atoms with Gasteiger partial charge < -0.3 is 15.0 Å². The van der Waals surface area contributed by atoms with Crippen LogP contribution in [0.5, 0.6) is 5.75 Å². The van der Waals surface area contributed by atoms with Crippen LogP contribution < -0.4 is 15.0 Å². The van der Waals surface area contributed by atoms with E-state index in [0.717, 1.165) is 25.2 Å². The minimum atomic E-state index is -0.259. The number of benzene rings is 1. The highest BCUT2D eigenvalue weighted by atomic mass is 19.1. The Morgan fingerprint density at radius 1 is 1.50 bits per heavy atom. The van der Waals surface area contributed by atoms with Crippen molar-refractivity contribution in [2.45, 2.75) is 32.4 Å². The Bertz CT molecular complexity index is 411. The molecule has 1 saturated heterocycles. The number of rotatable bonds is 3. The maximum Gasteiger partial charge on any atom is 0.145 e. The van der Waals surface area contributed by atoms with Gasteiger partial charge in [0.2, 0.25) is 0 Å². The maximum absolute atomic E-state index is 13.2. The van der Waals surface area contributed by atoms with Crippen molar-refractivity contribution in [1.82, 2.24) is 5.32 Å². The van der Waals surface area contributed by atoms with Crippen molar-refractivity contribution in [3.8, 4) is 5.75 Å². The van der Waals surface area contributed by atoms with Gasteiger partial charge in [0, 0.05) is 31.2 Å². The summed E-state index contributed by atoms with van der Waals surface area (Å²) in [6.07, 6.45) is 1.09. The fraction of sp³-hybridized carbons (Fsp3) is 0.571. The molecule has 1 fully saturated rings. The Hall–Kier alpha value is -1.29. The highest BCUT2D eigenvalue weighted by Crippen LogP contribution is 2.31. The first-order chi connectivity index (χ1) is 8.65. The molecule has 1 N–H and O–H groups in total. The number of ether oxygens (including phenoxy) is 1. The van der Waals surface area contributed by atoms with E-state index in [2.05, 4.69) is 24.1 Å². The first-order valence-corrected chi connectivity index (χ1v) is 6.49. The van der Waals surface area contributed by atoms with E-state index in [1.807, 2.05) is 6.07 Å². The fourth-order valence-corrected chi connectivity index (χ4v) is 2.43. The van der Waals surface area contributed by atoms with Gasteiger partial charge in [0.05, 0.1) is 12.8 Å². The summed E-state index contributed by atoms with van der Waals surface area (Å²) in [5, 5.41) is 3.51. The number of hydrogen-bond acceptors (Lipinski definition) is 3. The number of hydrogen-bond donors (Lipinski definition) is 1. The molecule has 0 aliphatic carbocycles. The van der Waals surface area contributed by atoms with E-state index < -0.39 is 0 Å². The molecule has 0 radical (unpaired) electrons. The van der Waals surface area contributed by atoms with Crippen LogP contribution in [0.3, 0.4) is 0 Å². The molecule has 100 valence electrons. The predicted molar refractivity (Wildman–Crippen MR) is 71.8 cm³/mol. The Kier molecular flexibility index (Phi) is 4.07. The highest BCUT2D eigenvalue weighted by molar-refractivity contribution is 5.59. The van der Waals surface area contributed by atoms with E-state index in [0.29, 0.717) is 17.8 Å². The second-order valence-electron chi connectivity index (χ2n) is 4.83. The van der Waals surface area contributed by atoms with Gasteiger partial charge >= 0.3 is 0 Å². The van der Waals surface area contributed by atoms with E-state index >= 15 is 0 Å². The Morgan fingerprint density at radius 3 is 2.94 bits per heavy atom. The average molecular weight is 252 g/mol. The lowest BCUT2D eigenvalue weighted by Gasteiger charge is -2.40. The Morgan fingerprint density at radius 2 is 2.28 bits per heavy atom. The quantitative estimate of drug-likeness (QED) is 0.894. The van der Waals surface area contributed by atoms with Gasteiger partial charge in [0.1, 0.15) is 11.6 Å². The largest absolute Gasteiger partial charge is 0.494 e. The molecule has 2 atom stereocenters. The molecule has 4 heteroatoms. The van der Waals surface area contributed by atoms with Crippen LogP contribution in [0.2, 0.25) is 0 Å². The molecule has 1 heterocycles. The van der Waals surface area contributed by atoms with Gasteiger partial charge in [-0.25, -0.2) is 4.39 Å². The van der Waals surface area contributed by atoms with E-state index in [9.17, 15) is 4.39 Å². The van der Waals surface area contributed by atoms with Crippen molar-refractivity contribution >= 4 is 5.69 Å². The smallest absolute Gasteiger partial charge is 0.145 e. The van der Waals surface area contributed by atoms with Crippen LogP contribution in [0, 0.1) is 5.82 Å². The number of piperazine rings is 1. The van der Waals surface area contributed by atoms with Gasteiger partial charge in [-0.15, -0.1) is 0 Å². The molecule has 1 aromatic carbocycles. The number of methoxy groups -OCH3 is 1. The number of nitrogens with one attached hydrogen (secondary N) is 1. The standard InChI is InChI=1S/C14H21FN2O/c1-4-12-9-17(10(2)8-16-12)13-6-5-11(15)7-14(13)18-3/h5-7,10,12,16H,4,8-9H2,1-3H3. The van der Waals surface area contributed by atoms with Crippen LogP contribution in [-0.2, 0) is 0 Å². The summed E-state index contributed by atoms with van der Waals surface area (Å²) < 4.78 is 18.5. The van der Waals surface area contributed by atoms with Crippen molar-refractivity contribution in [2.75, 3.05) is 25.1 Å².